The predicted octanol–water partition coefficient (Wildman–Crippen LogP) is 3.05. The van der Waals surface area contributed by atoms with Gasteiger partial charge in [0.15, 0.2) is 5.75 Å². The number of hydrogen-bond acceptors (Lipinski definition) is 3. The van der Waals surface area contributed by atoms with Gasteiger partial charge in [0, 0.05) is 6.20 Å². The third-order valence-electron chi connectivity index (χ3n) is 2.35. The average molecular weight is 236 g/mol. The number of aromatic nitrogens is 1. The van der Waals surface area contributed by atoms with Crippen LogP contribution < -0.4 is 4.74 Å². The fraction of sp³-hybridized carbons (Fsp3) is 0.0667. The van der Waals surface area contributed by atoms with E-state index >= 15 is 0 Å². The number of nitriles is 1. The van der Waals surface area contributed by atoms with Crippen LogP contribution in [0, 0.1) is 11.3 Å². The minimum atomic E-state index is 0.412. The van der Waals surface area contributed by atoms with Crippen molar-refractivity contribution in [3.63, 3.8) is 0 Å². The van der Waals surface area contributed by atoms with E-state index in [2.05, 4.69) is 11.1 Å². The molecule has 1 aromatic heterocycles. The van der Waals surface area contributed by atoms with Gasteiger partial charge in [-0.25, -0.2) is 0 Å². The summed E-state index contributed by atoms with van der Waals surface area (Å²) in [5.74, 6) is 0.512. The van der Waals surface area contributed by atoms with Crippen molar-refractivity contribution in [2.75, 3.05) is 6.61 Å². The Labute approximate surface area is 106 Å². The van der Waals surface area contributed by atoms with E-state index in [1.165, 1.54) is 0 Å². The zero-order valence-corrected chi connectivity index (χ0v) is 9.78. The van der Waals surface area contributed by atoms with Crippen LogP contribution in [0.1, 0.15) is 11.1 Å². The lowest BCUT2D eigenvalue weighted by atomic mass is 10.2. The Hall–Kier alpha value is -2.60. The lowest BCUT2D eigenvalue weighted by molar-refractivity contribution is 0.361. The Balaban J connectivity index is 1.93. The molecule has 0 aliphatic heterocycles. The number of rotatable bonds is 4. The fourth-order valence-electron chi connectivity index (χ4n) is 1.47. The Morgan fingerprint density at radius 3 is 2.83 bits per heavy atom. The summed E-state index contributed by atoms with van der Waals surface area (Å²) in [4.78, 5) is 3.93. The summed E-state index contributed by atoms with van der Waals surface area (Å²) < 4.78 is 5.48. The highest BCUT2D eigenvalue weighted by molar-refractivity contribution is 5.49. The van der Waals surface area contributed by atoms with Crippen molar-refractivity contribution in [2.45, 2.75) is 0 Å². The molecule has 0 amide bonds. The molecular formula is C15H12N2O. The highest BCUT2D eigenvalue weighted by Crippen LogP contribution is 2.14. The topological polar surface area (TPSA) is 45.9 Å². The van der Waals surface area contributed by atoms with Gasteiger partial charge in [-0.2, -0.15) is 5.26 Å². The van der Waals surface area contributed by atoms with Gasteiger partial charge in [0.25, 0.3) is 0 Å². The average Bonchev–Trinajstić information content (AvgIpc) is 2.45. The molecule has 2 aromatic rings. The second-order valence-corrected chi connectivity index (χ2v) is 3.61. The number of nitrogens with zero attached hydrogens (tertiary/aromatic N) is 2. The fourth-order valence-corrected chi connectivity index (χ4v) is 1.47. The Kier molecular flexibility index (Phi) is 4.10. The predicted molar refractivity (Wildman–Crippen MR) is 69.9 cm³/mol. The highest BCUT2D eigenvalue weighted by Gasteiger charge is 2.00. The molecule has 0 saturated heterocycles. The Morgan fingerprint density at radius 2 is 2.06 bits per heavy atom. The maximum absolute atomic E-state index is 8.88. The summed E-state index contributed by atoms with van der Waals surface area (Å²) in [6.07, 6.45) is 7.01. The molecule has 0 saturated carbocycles. The zero-order valence-electron chi connectivity index (χ0n) is 9.78. The van der Waals surface area contributed by atoms with E-state index in [-0.39, 0.29) is 0 Å². The standard InChI is InChI=1S/C15H12N2O/c16-11-14-8-9-17-12-15(14)18-10-4-7-13-5-2-1-3-6-13/h1-9,12H,10H2/b7-4+. The second kappa shape index (κ2) is 6.21. The number of benzene rings is 1. The minimum absolute atomic E-state index is 0.412. The molecular weight excluding hydrogens is 224 g/mol. The highest BCUT2D eigenvalue weighted by atomic mass is 16.5. The van der Waals surface area contributed by atoms with E-state index in [0.29, 0.717) is 17.9 Å². The van der Waals surface area contributed by atoms with Crippen molar-refractivity contribution in [3.05, 3.63) is 66.0 Å². The van der Waals surface area contributed by atoms with Crippen molar-refractivity contribution in [2.24, 2.45) is 0 Å². The molecule has 88 valence electrons. The number of pyridine rings is 1. The molecule has 0 N–H and O–H groups in total. The van der Waals surface area contributed by atoms with Crippen LogP contribution in [-0.4, -0.2) is 11.6 Å². The molecule has 0 spiro atoms. The van der Waals surface area contributed by atoms with Gasteiger partial charge in [-0.15, -0.1) is 0 Å². The van der Waals surface area contributed by atoms with E-state index in [9.17, 15) is 0 Å². The monoisotopic (exact) mass is 236 g/mol. The van der Waals surface area contributed by atoms with Gasteiger partial charge < -0.3 is 4.74 Å². The molecule has 1 heterocycles. The smallest absolute Gasteiger partial charge is 0.155 e. The van der Waals surface area contributed by atoms with Gasteiger partial charge in [0.2, 0.25) is 0 Å². The van der Waals surface area contributed by atoms with Gasteiger partial charge in [0.05, 0.1) is 11.8 Å². The third-order valence-corrected chi connectivity index (χ3v) is 2.35. The SMILES string of the molecule is N#Cc1ccncc1OC/C=C/c1ccccc1. The van der Waals surface area contributed by atoms with Crippen molar-refractivity contribution in [3.8, 4) is 11.8 Å². The third kappa shape index (κ3) is 3.19. The quantitative estimate of drug-likeness (QED) is 0.819. The molecule has 2 rings (SSSR count). The summed E-state index contributed by atoms with van der Waals surface area (Å²) in [6.45, 7) is 0.412. The normalized spacial score (nSPS) is 10.2. The summed E-state index contributed by atoms with van der Waals surface area (Å²) >= 11 is 0. The first-order valence-electron chi connectivity index (χ1n) is 5.58. The molecule has 0 atom stereocenters. The summed E-state index contributed by atoms with van der Waals surface area (Å²) in [5.41, 5.74) is 1.62. The lowest BCUT2D eigenvalue weighted by Gasteiger charge is -2.03. The molecule has 1 aromatic carbocycles. The van der Waals surface area contributed by atoms with Gasteiger partial charge in [-0.1, -0.05) is 36.4 Å². The van der Waals surface area contributed by atoms with Crippen LogP contribution in [0.2, 0.25) is 0 Å². The van der Waals surface area contributed by atoms with E-state index in [1.54, 1.807) is 18.5 Å². The van der Waals surface area contributed by atoms with Crippen LogP contribution in [0.15, 0.2) is 54.9 Å². The number of ether oxygens (including phenoxy) is 1. The van der Waals surface area contributed by atoms with Gasteiger partial charge in [0.1, 0.15) is 12.7 Å². The largest absolute Gasteiger partial charge is 0.487 e. The molecule has 0 unspecified atom stereocenters. The van der Waals surface area contributed by atoms with Crippen molar-refractivity contribution in [1.82, 2.24) is 4.98 Å². The Bertz CT molecular complexity index is 571. The molecule has 0 radical (unpaired) electrons. The van der Waals surface area contributed by atoms with Gasteiger partial charge >= 0.3 is 0 Å². The molecule has 0 fully saturated rings. The van der Waals surface area contributed by atoms with Crippen LogP contribution in [0.25, 0.3) is 6.08 Å². The van der Waals surface area contributed by atoms with Crippen LogP contribution in [0.4, 0.5) is 0 Å². The van der Waals surface area contributed by atoms with Crippen LogP contribution in [0.3, 0.4) is 0 Å². The van der Waals surface area contributed by atoms with E-state index < -0.39 is 0 Å². The first-order chi connectivity index (χ1) is 8.90. The van der Waals surface area contributed by atoms with Crippen molar-refractivity contribution >= 4 is 6.08 Å². The molecule has 0 aliphatic rings. The van der Waals surface area contributed by atoms with Crippen LogP contribution in [0.5, 0.6) is 5.75 Å². The second-order valence-electron chi connectivity index (χ2n) is 3.61. The number of hydrogen-bond donors (Lipinski definition) is 0. The first kappa shape index (κ1) is 11.9. The molecule has 0 aliphatic carbocycles. The molecule has 3 heteroatoms. The lowest BCUT2D eigenvalue weighted by Crippen LogP contribution is -1.96. The summed E-state index contributed by atoms with van der Waals surface area (Å²) in [5, 5.41) is 8.88. The van der Waals surface area contributed by atoms with E-state index in [1.807, 2.05) is 42.5 Å². The molecule has 18 heavy (non-hydrogen) atoms. The van der Waals surface area contributed by atoms with E-state index in [0.717, 1.165) is 5.56 Å². The molecule has 3 nitrogen and oxygen atoms in total. The maximum Gasteiger partial charge on any atom is 0.155 e. The zero-order chi connectivity index (χ0) is 12.6. The van der Waals surface area contributed by atoms with Crippen LogP contribution >= 0.6 is 0 Å². The molecule has 0 bridgehead atoms. The maximum atomic E-state index is 8.88. The summed E-state index contributed by atoms with van der Waals surface area (Å²) in [6, 6.07) is 13.7. The van der Waals surface area contributed by atoms with Crippen molar-refractivity contribution < 1.29 is 4.74 Å². The van der Waals surface area contributed by atoms with Gasteiger partial charge in [-0.05, 0) is 17.7 Å². The Morgan fingerprint density at radius 1 is 1.22 bits per heavy atom. The van der Waals surface area contributed by atoms with Crippen LogP contribution in [-0.2, 0) is 0 Å². The minimum Gasteiger partial charge on any atom is -0.487 e. The van der Waals surface area contributed by atoms with E-state index in [4.69, 9.17) is 10.00 Å². The van der Waals surface area contributed by atoms with Gasteiger partial charge in [-0.3, -0.25) is 4.98 Å². The van der Waals surface area contributed by atoms with Crippen molar-refractivity contribution in [1.29, 1.82) is 5.26 Å². The summed E-state index contributed by atoms with van der Waals surface area (Å²) in [7, 11) is 0. The first-order valence-corrected chi connectivity index (χ1v) is 5.58.